The summed E-state index contributed by atoms with van der Waals surface area (Å²) in [7, 11) is 1.55. The van der Waals surface area contributed by atoms with Crippen molar-refractivity contribution in [2.45, 2.75) is 32.4 Å². The summed E-state index contributed by atoms with van der Waals surface area (Å²) in [5, 5.41) is 15.6. The lowest BCUT2D eigenvalue weighted by molar-refractivity contribution is -0.142. The van der Waals surface area contributed by atoms with Crippen LogP contribution in [0.2, 0.25) is 5.02 Å². The second kappa shape index (κ2) is 9.18. The van der Waals surface area contributed by atoms with Crippen LogP contribution in [0.15, 0.2) is 36.4 Å². The number of carbonyl (C=O) groups excluding carboxylic acids is 3. The van der Waals surface area contributed by atoms with E-state index in [2.05, 4.69) is 10.6 Å². The largest absolute Gasteiger partial charge is 0.394 e. The van der Waals surface area contributed by atoms with E-state index in [4.69, 9.17) is 11.6 Å². The number of nitrogens with zero attached hydrogens (tertiary/aromatic N) is 1. The van der Waals surface area contributed by atoms with E-state index in [1.165, 1.54) is 4.90 Å². The predicted octanol–water partition coefficient (Wildman–Crippen LogP) is 2.06. The molecule has 1 aliphatic carbocycles. The molecule has 162 valence electrons. The van der Waals surface area contributed by atoms with Gasteiger partial charge in [0.1, 0.15) is 6.04 Å². The topological polar surface area (TPSA) is 98.7 Å². The number of aliphatic hydroxyl groups excluding tert-OH is 1. The first-order chi connectivity index (χ1) is 14.3. The highest BCUT2D eigenvalue weighted by Crippen LogP contribution is 2.45. The maximum atomic E-state index is 13.5. The fourth-order valence-electron chi connectivity index (χ4n) is 4.69. The van der Waals surface area contributed by atoms with Crippen LogP contribution in [0.25, 0.3) is 0 Å². The van der Waals surface area contributed by atoms with Gasteiger partial charge in [-0.2, -0.15) is 0 Å². The summed E-state index contributed by atoms with van der Waals surface area (Å²) in [6, 6.07) is 5.46. The zero-order valence-corrected chi connectivity index (χ0v) is 18.1. The molecular weight excluding hydrogens is 406 g/mol. The van der Waals surface area contributed by atoms with Gasteiger partial charge >= 0.3 is 0 Å². The third-order valence-corrected chi connectivity index (χ3v) is 6.54. The number of aliphatic hydroxyl groups is 1. The van der Waals surface area contributed by atoms with Gasteiger partial charge in [0, 0.05) is 13.0 Å². The first kappa shape index (κ1) is 22.3. The Bertz CT molecular complexity index is 859. The van der Waals surface area contributed by atoms with Gasteiger partial charge in [-0.1, -0.05) is 42.8 Å². The van der Waals surface area contributed by atoms with Gasteiger partial charge in [-0.3, -0.25) is 14.4 Å². The highest BCUT2D eigenvalue weighted by atomic mass is 35.5. The molecule has 6 atom stereocenters. The van der Waals surface area contributed by atoms with E-state index >= 15 is 0 Å². The second-order valence-corrected chi connectivity index (χ2v) is 8.30. The van der Waals surface area contributed by atoms with Crippen LogP contribution in [-0.4, -0.2) is 53.5 Å². The molecule has 3 amide bonds. The molecule has 3 N–H and O–H groups in total. The second-order valence-electron chi connectivity index (χ2n) is 7.89. The van der Waals surface area contributed by atoms with Crippen molar-refractivity contribution in [3.8, 4) is 0 Å². The van der Waals surface area contributed by atoms with Gasteiger partial charge in [-0.25, -0.2) is 0 Å². The number of hydrogen-bond acceptors (Lipinski definition) is 4. The van der Waals surface area contributed by atoms with Gasteiger partial charge in [0.25, 0.3) is 0 Å². The zero-order valence-electron chi connectivity index (χ0n) is 17.3. The average molecular weight is 434 g/mol. The molecule has 0 aromatic heterocycles. The molecule has 0 radical (unpaired) electrons. The minimum absolute atomic E-state index is 0.0909. The number of benzene rings is 1. The molecule has 0 bridgehead atoms. The summed E-state index contributed by atoms with van der Waals surface area (Å²) in [5.41, 5.74) is 0.450. The Hall–Kier alpha value is -2.38. The van der Waals surface area contributed by atoms with Crippen molar-refractivity contribution in [2.75, 3.05) is 19.0 Å². The minimum atomic E-state index is -0.845. The summed E-state index contributed by atoms with van der Waals surface area (Å²) in [6.45, 7) is 3.38. The highest BCUT2D eigenvalue weighted by molar-refractivity contribution is 6.33. The van der Waals surface area contributed by atoms with Crippen molar-refractivity contribution in [3.63, 3.8) is 0 Å². The number of amides is 3. The van der Waals surface area contributed by atoms with E-state index < -0.39 is 29.8 Å². The molecule has 1 heterocycles. The molecule has 1 saturated heterocycles. The molecule has 1 fully saturated rings. The first-order valence-electron chi connectivity index (χ1n) is 10.2. The summed E-state index contributed by atoms with van der Waals surface area (Å²) in [4.78, 5) is 40.9. The van der Waals surface area contributed by atoms with Gasteiger partial charge in [0.2, 0.25) is 17.7 Å². The number of nitrogens with one attached hydrogen (secondary N) is 2. The molecule has 0 spiro atoms. The lowest BCUT2D eigenvalue weighted by Gasteiger charge is -2.34. The highest BCUT2D eigenvalue weighted by Gasteiger charge is 2.57. The minimum Gasteiger partial charge on any atom is -0.394 e. The molecule has 1 aromatic rings. The Kier molecular flexibility index (Phi) is 6.83. The third kappa shape index (κ3) is 3.84. The smallest absolute Gasteiger partial charge is 0.247 e. The summed E-state index contributed by atoms with van der Waals surface area (Å²) in [5.74, 6) is -2.66. The van der Waals surface area contributed by atoms with Crippen LogP contribution >= 0.6 is 11.6 Å². The summed E-state index contributed by atoms with van der Waals surface area (Å²) in [6.07, 6.45) is 4.53. The van der Waals surface area contributed by atoms with Crippen LogP contribution in [-0.2, 0) is 14.4 Å². The molecule has 1 aliphatic heterocycles. The maximum absolute atomic E-state index is 13.5. The number of carbonyl (C=O) groups is 3. The Labute approximate surface area is 181 Å². The molecule has 3 rings (SSSR count). The average Bonchev–Trinajstić information content (AvgIpc) is 3.06. The van der Waals surface area contributed by atoms with Gasteiger partial charge < -0.3 is 20.6 Å². The van der Waals surface area contributed by atoms with E-state index in [1.54, 1.807) is 38.2 Å². The quantitative estimate of drug-likeness (QED) is 0.598. The van der Waals surface area contributed by atoms with Crippen molar-refractivity contribution in [1.82, 2.24) is 10.2 Å². The summed E-state index contributed by atoms with van der Waals surface area (Å²) < 4.78 is 0. The predicted molar refractivity (Wildman–Crippen MR) is 115 cm³/mol. The van der Waals surface area contributed by atoms with Crippen molar-refractivity contribution in [1.29, 1.82) is 0 Å². The molecule has 0 saturated carbocycles. The van der Waals surface area contributed by atoms with E-state index in [1.807, 2.05) is 19.1 Å². The van der Waals surface area contributed by atoms with Crippen LogP contribution in [0.4, 0.5) is 5.69 Å². The number of likely N-dealkylation sites (tertiary alicyclic amines) is 1. The third-order valence-electron chi connectivity index (χ3n) is 6.21. The van der Waals surface area contributed by atoms with E-state index in [0.29, 0.717) is 17.1 Å². The standard InChI is InChI=1S/C22H28ClN3O4/c1-4-13-9-10-14-18(17(13)20(28)24-3)22(30)26(12(2)11-27)19(14)21(29)25-16-8-6-5-7-15(16)23/h5-10,12-14,17-19,27H,4,11H2,1-3H3,(H,24,28)(H,25,29)/t12-,13-,14+,17-,18-,19+/m1/s1. The van der Waals surface area contributed by atoms with Crippen molar-refractivity contribution >= 4 is 35.0 Å². The van der Waals surface area contributed by atoms with E-state index in [9.17, 15) is 19.5 Å². The number of hydrogen-bond donors (Lipinski definition) is 3. The molecule has 2 aliphatic rings. The van der Waals surface area contributed by atoms with Crippen LogP contribution < -0.4 is 10.6 Å². The lowest BCUT2D eigenvalue weighted by atomic mass is 9.69. The van der Waals surface area contributed by atoms with Crippen LogP contribution in [0, 0.1) is 23.7 Å². The van der Waals surface area contributed by atoms with Gasteiger partial charge in [0.15, 0.2) is 0 Å². The number of para-hydroxylation sites is 1. The number of anilines is 1. The van der Waals surface area contributed by atoms with Crippen molar-refractivity contribution < 1.29 is 19.5 Å². The van der Waals surface area contributed by atoms with E-state index in [0.717, 1.165) is 0 Å². The maximum Gasteiger partial charge on any atom is 0.247 e. The van der Waals surface area contributed by atoms with Gasteiger partial charge in [0.05, 0.1) is 35.2 Å². The molecule has 0 unspecified atom stereocenters. The Morgan fingerprint density at radius 1 is 1.23 bits per heavy atom. The van der Waals surface area contributed by atoms with E-state index in [-0.39, 0.29) is 30.2 Å². The lowest BCUT2D eigenvalue weighted by Crippen LogP contribution is -2.49. The van der Waals surface area contributed by atoms with Crippen LogP contribution in [0.3, 0.4) is 0 Å². The molecule has 8 heteroatoms. The number of fused-ring (bicyclic) bond motifs is 1. The Morgan fingerprint density at radius 3 is 2.53 bits per heavy atom. The number of rotatable bonds is 6. The molecular formula is C22H28ClN3O4. The molecule has 7 nitrogen and oxygen atoms in total. The van der Waals surface area contributed by atoms with Crippen molar-refractivity contribution in [2.24, 2.45) is 23.7 Å². The monoisotopic (exact) mass is 433 g/mol. The van der Waals surface area contributed by atoms with Gasteiger partial charge in [-0.15, -0.1) is 0 Å². The van der Waals surface area contributed by atoms with Crippen LogP contribution in [0.5, 0.6) is 0 Å². The van der Waals surface area contributed by atoms with Crippen LogP contribution in [0.1, 0.15) is 20.3 Å². The summed E-state index contributed by atoms with van der Waals surface area (Å²) >= 11 is 6.19. The Morgan fingerprint density at radius 2 is 1.93 bits per heavy atom. The number of allylic oxidation sites excluding steroid dienone is 1. The van der Waals surface area contributed by atoms with Gasteiger partial charge in [-0.05, 0) is 31.4 Å². The zero-order chi connectivity index (χ0) is 22.0. The molecule has 30 heavy (non-hydrogen) atoms. The molecule has 1 aromatic carbocycles. The number of halogens is 1. The normalized spacial score (nSPS) is 28.8. The fraction of sp³-hybridized carbons (Fsp3) is 0.500. The first-order valence-corrected chi connectivity index (χ1v) is 10.6. The van der Waals surface area contributed by atoms with Crippen molar-refractivity contribution in [3.05, 3.63) is 41.4 Å². The fourth-order valence-corrected chi connectivity index (χ4v) is 4.88. The SMILES string of the molecule is CC[C@@H]1C=C[C@H]2[C@@H](C(=O)N([C@H](C)CO)[C@@H]2C(=O)Nc2ccccc2Cl)[C@@H]1C(=O)NC. The Balaban J connectivity index is 2.02.